The summed E-state index contributed by atoms with van der Waals surface area (Å²) in [6.45, 7) is 4.20. The SMILES string of the molecule is CCCCOc1ccc(CN2C(=O)C3(OCCO3)c3ccccc32)cc1. The summed E-state index contributed by atoms with van der Waals surface area (Å²) in [6.07, 6.45) is 2.16. The Morgan fingerprint density at radius 3 is 2.54 bits per heavy atom. The number of amides is 1. The van der Waals surface area contributed by atoms with Crippen molar-refractivity contribution < 1.29 is 19.0 Å². The van der Waals surface area contributed by atoms with Crippen LogP contribution in [-0.2, 0) is 26.6 Å². The highest BCUT2D eigenvalue weighted by Gasteiger charge is 2.55. The molecule has 2 aromatic carbocycles. The van der Waals surface area contributed by atoms with Crippen molar-refractivity contribution in [2.45, 2.75) is 32.1 Å². The molecule has 0 unspecified atom stereocenters. The van der Waals surface area contributed by atoms with Gasteiger partial charge in [0.05, 0.1) is 32.1 Å². The lowest BCUT2D eigenvalue weighted by Gasteiger charge is -2.22. The first-order valence-corrected chi connectivity index (χ1v) is 9.16. The van der Waals surface area contributed by atoms with Crippen LogP contribution in [0.5, 0.6) is 5.75 Å². The number of hydrogen-bond donors (Lipinski definition) is 0. The quantitative estimate of drug-likeness (QED) is 0.745. The Hall–Kier alpha value is -2.37. The van der Waals surface area contributed by atoms with E-state index in [4.69, 9.17) is 14.2 Å². The number of rotatable bonds is 6. The molecule has 2 heterocycles. The third kappa shape index (κ3) is 2.87. The first-order valence-electron chi connectivity index (χ1n) is 9.16. The van der Waals surface area contributed by atoms with E-state index in [1.165, 1.54) is 0 Å². The number of benzene rings is 2. The van der Waals surface area contributed by atoms with Gasteiger partial charge in [-0.15, -0.1) is 0 Å². The lowest BCUT2D eigenvalue weighted by Crippen LogP contribution is -2.40. The molecule has 2 aliphatic rings. The largest absolute Gasteiger partial charge is 0.494 e. The standard InChI is InChI=1S/C21H23NO4/c1-2-3-12-24-17-10-8-16(9-11-17)15-22-19-7-5-4-6-18(19)21(20(22)23)25-13-14-26-21/h4-11H,2-3,12-15H2,1H3. The van der Waals surface area contributed by atoms with Gasteiger partial charge in [-0.1, -0.05) is 43.7 Å². The topological polar surface area (TPSA) is 48.0 Å². The van der Waals surface area contributed by atoms with Crippen molar-refractivity contribution in [2.75, 3.05) is 24.7 Å². The Labute approximate surface area is 153 Å². The van der Waals surface area contributed by atoms with E-state index in [-0.39, 0.29) is 5.91 Å². The molecule has 4 rings (SSSR count). The lowest BCUT2D eigenvalue weighted by atomic mass is 10.1. The second-order valence-corrected chi connectivity index (χ2v) is 6.57. The van der Waals surface area contributed by atoms with Crippen molar-refractivity contribution in [1.82, 2.24) is 0 Å². The average molecular weight is 353 g/mol. The number of carbonyl (C=O) groups excluding carboxylic acids is 1. The Bertz CT molecular complexity index is 781. The van der Waals surface area contributed by atoms with Gasteiger partial charge in [0, 0.05) is 5.56 Å². The van der Waals surface area contributed by atoms with Crippen LogP contribution in [0.15, 0.2) is 48.5 Å². The minimum absolute atomic E-state index is 0.153. The maximum absolute atomic E-state index is 13.1. The van der Waals surface area contributed by atoms with E-state index in [0.717, 1.165) is 42.0 Å². The highest BCUT2D eigenvalue weighted by molar-refractivity contribution is 6.06. The molecule has 136 valence electrons. The Balaban J connectivity index is 1.54. The van der Waals surface area contributed by atoms with E-state index < -0.39 is 5.79 Å². The summed E-state index contributed by atoms with van der Waals surface area (Å²) in [6, 6.07) is 15.6. The van der Waals surface area contributed by atoms with Gasteiger partial charge < -0.3 is 19.1 Å². The van der Waals surface area contributed by atoms with Gasteiger partial charge in [-0.2, -0.15) is 0 Å². The van der Waals surface area contributed by atoms with Crippen molar-refractivity contribution >= 4 is 11.6 Å². The molecular formula is C21H23NO4. The molecule has 0 atom stereocenters. The monoisotopic (exact) mass is 353 g/mol. The minimum atomic E-state index is -1.26. The zero-order valence-electron chi connectivity index (χ0n) is 14.9. The van der Waals surface area contributed by atoms with E-state index in [0.29, 0.717) is 19.8 Å². The molecule has 0 N–H and O–H groups in total. The molecule has 5 nitrogen and oxygen atoms in total. The maximum atomic E-state index is 13.1. The fourth-order valence-corrected chi connectivity index (χ4v) is 3.45. The zero-order valence-corrected chi connectivity index (χ0v) is 14.9. The lowest BCUT2D eigenvalue weighted by molar-refractivity contribution is -0.180. The Morgan fingerprint density at radius 1 is 1.08 bits per heavy atom. The predicted octanol–water partition coefficient (Wildman–Crippen LogP) is 3.61. The molecule has 0 radical (unpaired) electrons. The summed E-state index contributed by atoms with van der Waals surface area (Å²) in [5.41, 5.74) is 2.68. The van der Waals surface area contributed by atoms with E-state index >= 15 is 0 Å². The molecule has 1 amide bonds. The number of fused-ring (bicyclic) bond motifs is 2. The first-order chi connectivity index (χ1) is 12.7. The minimum Gasteiger partial charge on any atom is -0.494 e. The van der Waals surface area contributed by atoms with Crippen LogP contribution in [0.2, 0.25) is 0 Å². The van der Waals surface area contributed by atoms with Crippen LogP contribution in [0.3, 0.4) is 0 Å². The first kappa shape index (κ1) is 17.1. The normalized spacial score (nSPS) is 17.7. The van der Waals surface area contributed by atoms with Gasteiger partial charge in [0.1, 0.15) is 5.75 Å². The fraction of sp³-hybridized carbons (Fsp3) is 0.381. The molecule has 26 heavy (non-hydrogen) atoms. The Morgan fingerprint density at radius 2 is 1.81 bits per heavy atom. The molecule has 2 aromatic rings. The second-order valence-electron chi connectivity index (χ2n) is 6.57. The van der Waals surface area contributed by atoms with Crippen molar-refractivity contribution in [3.05, 3.63) is 59.7 Å². The van der Waals surface area contributed by atoms with Crippen molar-refractivity contribution in [2.24, 2.45) is 0 Å². The van der Waals surface area contributed by atoms with Gasteiger partial charge in [0.25, 0.3) is 11.7 Å². The summed E-state index contributed by atoms with van der Waals surface area (Å²) in [4.78, 5) is 14.8. The van der Waals surface area contributed by atoms with E-state index in [1.54, 1.807) is 4.90 Å². The summed E-state index contributed by atoms with van der Waals surface area (Å²) in [7, 11) is 0. The van der Waals surface area contributed by atoms with Crippen molar-refractivity contribution in [3.63, 3.8) is 0 Å². The molecule has 5 heteroatoms. The van der Waals surface area contributed by atoms with Crippen LogP contribution in [-0.4, -0.2) is 25.7 Å². The third-order valence-electron chi connectivity index (χ3n) is 4.80. The van der Waals surface area contributed by atoms with E-state index in [1.807, 2.05) is 48.5 Å². The third-order valence-corrected chi connectivity index (χ3v) is 4.80. The number of ether oxygens (including phenoxy) is 3. The van der Waals surface area contributed by atoms with Crippen molar-refractivity contribution in [3.8, 4) is 5.75 Å². The number of anilines is 1. The second kappa shape index (κ2) is 7.09. The van der Waals surface area contributed by atoms with Crippen LogP contribution in [0.25, 0.3) is 0 Å². The van der Waals surface area contributed by atoms with Crippen molar-refractivity contribution in [1.29, 1.82) is 0 Å². The molecule has 2 aliphatic heterocycles. The maximum Gasteiger partial charge on any atom is 0.292 e. The van der Waals surface area contributed by atoms with Gasteiger partial charge >= 0.3 is 0 Å². The van der Waals surface area contributed by atoms with Crippen LogP contribution in [0, 0.1) is 0 Å². The number of para-hydroxylation sites is 1. The average Bonchev–Trinajstić information content (AvgIpc) is 3.25. The predicted molar refractivity (Wildman–Crippen MR) is 98.1 cm³/mol. The van der Waals surface area contributed by atoms with Gasteiger partial charge in [0.15, 0.2) is 0 Å². The van der Waals surface area contributed by atoms with Crippen LogP contribution in [0.1, 0.15) is 30.9 Å². The van der Waals surface area contributed by atoms with Gasteiger partial charge in [-0.25, -0.2) is 0 Å². The molecule has 0 aliphatic carbocycles. The highest BCUT2D eigenvalue weighted by atomic mass is 16.7. The molecule has 0 aromatic heterocycles. The zero-order chi connectivity index (χ0) is 18.0. The summed E-state index contributed by atoms with van der Waals surface area (Å²) < 4.78 is 17.2. The van der Waals surface area contributed by atoms with Crippen LogP contribution < -0.4 is 9.64 Å². The van der Waals surface area contributed by atoms with Crippen LogP contribution in [0.4, 0.5) is 5.69 Å². The van der Waals surface area contributed by atoms with Gasteiger partial charge in [0.2, 0.25) is 0 Å². The van der Waals surface area contributed by atoms with Gasteiger partial charge in [-0.3, -0.25) is 4.79 Å². The molecule has 0 saturated carbocycles. The smallest absolute Gasteiger partial charge is 0.292 e. The number of hydrogen-bond acceptors (Lipinski definition) is 4. The summed E-state index contributed by atoms with van der Waals surface area (Å²) in [5.74, 6) is -0.562. The summed E-state index contributed by atoms with van der Waals surface area (Å²) >= 11 is 0. The number of nitrogens with zero attached hydrogens (tertiary/aromatic N) is 1. The molecule has 1 spiro atoms. The van der Waals surface area contributed by atoms with Crippen LogP contribution >= 0.6 is 0 Å². The summed E-state index contributed by atoms with van der Waals surface area (Å²) in [5, 5.41) is 0. The molecular weight excluding hydrogens is 330 g/mol. The fourth-order valence-electron chi connectivity index (χ4n) is 3.45. The molecule has 1 fully saturated rings. The number of carbonyl (C=O) groups is 1. The van der Waals surface area contributed by atoms with E-state index in [2.05, 4.69) is 6.92 Å². The highest BCUT2D eigenvalue weighted by Crippen LogP contribution is 2.46. The number of unbranched alkanes of at least 4 members (excludes halogenated alkanes) is 1. The Kier molecular flexibility index (Phi) is 4.66. The molecule has 1 saturated heterocycles. The molecule has 0 bridgehead atoms. The van der Waals surface area contributed by atoms with Gasteiger partial charge in [-0.05, 0) is 30.2 Å². The van der Waals surface area contributed by atoms with E-state index in [9.17, 15) is 4.79 Å².